The second-order valence-electron chi connectivity index (χ2n) is 5.09. The first-order valence-electron chi connectivity index (χ1n) is 7.62. The zero-order valence-corrected chi connectivity index (χ0v) is 13.9. The molecule has 0 spiro atoms. The molecule has 0 aromatic carbocycles. The highest BCUT2D eigenvalue weighted by Gasteiger charge is 2.22. The van der Waals surface area contributed by atoms with Crippen LogP contribution in [0.5, 0.6) is 0 Å². The van der Waals surface area contributed by atoms with Crippen LogP contribution in [0.2, 0.25) is 0 Å². The van der Waals surface area contributed by atoms with E-state index in [1.54, 1.807) is 6.92 Å². The summed E-state index contributed by atoms with van der Waals surface area (Å²) in [5.41, 5.74) is 0. The quantitative estimate of drug-likeness (QED) is 0.612. The van der Waals surface area contributed by atoms with Gasteiger partial charge in [-0.3, -0.25) is 14.5 Å². The largest absolute Gasteiger partial charge is 0.459 e. The molecule has 2 rings (SSSR count). The van der Waals surface area contributed by atoms with Crippen molar-refractivity contribution in [3.63, 3.8) is 0 Å². The number of ether oxygens (including phenoxy) is 1. The minimum Gasteiger partial charge on any atom is -0.459 e. The Morgan fingerprint density at radius 3 is 2.61 bits per heavy atom. The molecule has 1 saturated heterocycles. The van der Waals surface area contributed by atoms with Gasteiger partial charge < -0.3 is 15.0 Å². The van der Waals surface area contributed by atoms with Crippen LogP contribution in [0.15, 0.2) is 17.5 Å². The Balaban J connectivity index is 1.66. The van der Waals surface area contributed by atoms with Gasteiger partial charge in [0.05, 0.1) is 11.5 Å². The predicted octanol–water partition coefficient (Wildman–Crippen LogP) is 0.185. The van der Waals surface area contributed by atoms with E-state index in [1.807, 2.05) is 22.4 Å². The van der Waals surface area contributed by atoms with Gasteiger partial charge in [-0.25, -0.2) is 4.79 Å². The van der Waals surface area contributed by atoms with Gasteiger partial charge in [-0.15, -0.1) is 11.3 Å². The second kappa shape index (κ2) is 8.64. The van der Waals surface area contributed by atoms with Gasteiger partial charge in [-0.2, -0.15) is 0 Å². The fourth-order valence-electron chi connectivity index (χ4n) is 2.33. The zero-order valence-electron chi connectivity index (χ0n) is 13.1. The topological polar surface area (TPSA) is 79.0 Å². The van der Waals surface area contributed by atoms with E-state index in [-0.39, 0.29) is 12.5 Å². The van der Waals surface area contributed by atoms with E-state index in [1.165, 1.54) is 11.3 Å². The van der Waals surface area contributed by atoms with Crippen LogP contribution >= 0.6 is 11.3 Å². The molecule has 0 saturated carbocycles. The van der Waals surface area contributed by atoms with Crippen LogP contribution in [0, 0.1) is 0 Å². The molecule has 7 nitrogen and oxygen atoms in total. The van der Waals surface area contributed by atoms with Crippen molar-refractivity contribution in [2.75, 3.05) is 45.9 Å². The van der Waals surface area contributed by atoms with Gasteiger partial charge in [0.25, 0.3) is 5.91 Å². The highest BCUT2D eigenvalue weighted by molar-refractivity contribution is 7.12. The fourth-order valence-corrected chi connectivity index (χ4v) is 3.02. The Morgan fingerprint density at radius 1 is 1.26 bits per heavy atom. The van der Waals surface area contributed by atoms with Crippen molar-refractivity contribution in [1.29, 1.82) is 0 Å². The first kappa shape index (κ1) is 17.4. The van der Waals surface area contributed by atoms with Crippen molar-refractivity contribution in [1.82, 2.24) is 15.1 Å². The molecule has 0 aliphatic carbocycles. The molecule has 8 heteroatoms. The first-order valence-corrected chi connectivity index (χ1v) is 8.50. The van der Waals surface area contributed by atoms with Gasteiger partial charge in [-0.05, 0) is 18.4 Å². The zero-order chi connectivity index (χ0) is 16.7. The summed E-state index contributed by atoms with van der Waals surface area (Å²) in [5.74, 6) is -1.48. The fraction of sp³-hybridized carbons (Fsp3) is 0.533. The Hall–Kier alpha value is -1.93. The monoisotopic (exact) mass is 339 g/mol. The van der Waals surface area contributed by atoms with Crippen LogP contribution in [0.4, 0.5) is 0 Å². The molecule has 2 amide bonds. The summed E-state index contributed by atoms with van der Waals surface area (Å²) in [6.45, 7) is 5.72. The highest BCUT2D eigenvalue weighted by Crippen LogP contribution is 2.13. The Kier molecular flexibility index (Phi) is 6.54. The van der Waals surface area contributed by atoms with Crippen molar-refractivity contribution in [2.45, 2.75) is 6.92 Å². The molecule has 1 aliphatic heterocycles. The number of hydrogen-bond donors (Lipinski definition) is 1. The van der Waals surface area contributed by atoms with Crippen molar-refractivity contribution >= 4 is 29.1 Å². The maximum atomic E-state index is 12.2. The Bertz CT molecular complexity index is 539. The van der Waals surface area contributed by atoms with Crippen molar-refractivity contribution in [3.8, 4) is 0 Å². The normalized spacial score (nSPS) is 15.3. The number of esters is 1. The smallest absolute Gasteiger partial charge is 0.396 e. The van der Waals surface area contributed by atoms with Crippen molar-refractivity contribution < 1.29 is 19.1 Å². The minimum atomic E-state index is -0.848. The molecule has 1 aliphatic rings. The summed E-state index contributed by atoms with van der Waals surface area (Å²) in [7, 11) is 0. The van der Waals surface area contributed by atoms with E-state index in [0.29, 0.717) is 26.2 Å². The van der Waals surface area contributed by atoms with E-state index >= 15 is 0 Å². The third-order valence-corrected chi connectivity index (χ3v) is 4.42. The van der Waals surface area contributed by atoms with E-state index in [0.717, 1.165) is 18.0 Å². The van der Waals surface area contributed by atoms with Crippen LogP contribution in [-0.2, 0) is 14.3 Å². The second-order valence-corrected chi connectivity index (χ2v) is 6.04. The maximum Gasteiger partial charge on any atom is 0.396 e. The lowest BCUT2D eigenvalue weighted by Gasteiger charge is -2.34. The number of carbonyl (C=O) groups excluding carboxylic acids is 3. The standard InChI is InChI=1S/C15H21N3O4S/c1-2-22-15(21)13(19)16-5-6-17-7-9-18(10-8-17)14(20)12-4-3-11-23-12/h3-4,11H,2,5-10H2,1H3,(H,16,19). The van der Waals surface area contributed by atoms with E-state index in [2.05, 4.69) is 15.0 Å². The number of nitrogens with one attached hydrogen (secondary N) is 1. The van der Waals surface area contributed by atoms with Gasteiger partial charge in [0.1, 0.15) is 0 Å². The number of thiophene rings is 1. The van der Waals surface area contributed by atoms with Crippen molar-refractivity contribution in [2.24, 2.45) is 0 Å². The van der Waals surface area contributed by atoms with Gasteiger partial charge in [0.15, 0.2) is 0 Å². The molecule has 0 atom stereocenters. The average Bonchev–Trinajstić information content (AvgIpc) is 3.09. The van der Waals surface area contributed by atoms with Crippen LogP contribution in [0.25, 0.3) is 0 Å². The Morgan fingerprint density at radius 2 is 2.00 bits per heavy atom. The molecule has 0 unspecified atom stereocenters. The van der Waals surface area contributed by atoms with Gasteiger partial charge in [-0.1, -0.05) is 6.07 Å². The van der Waals surface area contributed by atoms with Gasteiger partial charge in [0, 0.05) is 39.3 Å². The third kappa shape index (κ3) is 5.04. The summed E-state index contributed by atoms with van der Waals surface area (Å²) in [6, 6.07) is 3.71. The Labute approximate surface area is 139 Å². The van der Waals surface area contributed by atoms with Crippen molar-refractivity contribution in [3.05, 3.63) is 22.4 Å². The van der Waals surface area contributed by atoms with E-state index in [4.69, 9.17) is 0 Å². The molecular formula is C15H21N3O4S. The molecule has 0 radical (unpaired) electrons. The summed E-state index contributed by atoms with van der Waals surface area (Å²) in [4.78, 5) is 39.5. The number of piperazine rings is 1. The van der Waals surface area contributed by atoms with Crippen LogP contribution in [0.1, 0.15) is 16.6 Å². The maximum absolute atomic E-state index is 12.2. The summed E-state index contributed by atoms with van der Waals surface area (Å²) < 4.78 is 4.61. The molecule has 0 bridgehead atoms. The van der Waals surface area contributed by atoms with Crippen LogP contribution < -0.4 is 5.32 Å². The predicted molar refractivity (Wildman–Crippen MR) is 86.3 cm³/mol. The van der Waals surface area contributed by atoms with Crippen LogP contribution in [0.3, 0.4) is 0 Å². The number of rotatable bonds is 5. The SMILES string of the molecule is CCOC(=O)C(=O)NCCN1CCN(C(=O)c2cccs2)CC1. The third-order valence-electron chi connectivity index (χ3n) is 3.57. The number of nitrogens with zero attached hydrogens (tertiary/aromatic N) is 2. The highest BCUT2D eigenvalue weighted by atomic mass is 32.1. The molecule has 2 heterocycles. The lowest BCUT2D eigenvalue weighted by molar-refractivity contribution is -0.154. The average molecular weight is 339 g/mol. The number of amides is 2. The molecule has 23 heavy (non-hydrogen) atoms. The van der Waals surface area contributed by atoms with Gasteiger partial charge in [0.2, 0.25) is 0 Å². The molecular weight excluding hydrogens is 318 g/mol. The first-order chi connectivity index (χ1) is 11.1. The summed E-state index contributed by atoms with van der Waals surface area (Å²) >= 11 is 1.45. The summed E-state index contributed by atoms with van der Waals surface area (Å²) in [6.07, 6.45) is 0. The number of carbonyl (C=O) groups is 3. The van der Waals surface area contributed by atoms with E-state index in [9.17, 15) is 14.4 Å². The molecule has 126 valence electrons. The molecule has 1 aromatic heterocycles. The summed E-state index contributed by atoms with van der Waals surface area (Å²) in [5, 5.41) is 4.44. The number of hydrogen-bond acceptors (Lipinski definition) is 6. The molecule has 1 fully saturated rings. The lowest BCUT2D eigenvalue weighted by atomic mass is 10.3. The van der Waals surface area contributed by atoms with Gasteiger partial charge >= 0.3 is 11.9 Å². The van der Waals surface area contributed by atoms with Crippen LogP contribution in [-0.4, -0.2) is 73.5 Å². The molecule has 1 N–H and O–H groups in total. The molecule has 1 aromatic rings. The minimum absolute atomic E-state index is 0.0789. The van der Waals surface area contributed by atoms with E-state index < -0.39 is 11.9 Å². The lowest BCUT2D eigenvalue weighted by Crippen LogP contribution is -2.50.